The van der Waals surface area contributed by atoms with Gasteiger partial charge in [0.1, 0.15) is 29.3 Å². The number of amides is 2. The minimum Gasteiger partial charge on any atom is -0.457 e. The van der Waals surface area contributed by atoms with Crippen molar-refractivity contribution < 1.29 is 23.9 Å². The molecule has 10 nitrogen and oxygen atoms in total. The molecule has 0 aliphatic carbocycles. The highest BCUT2D eigenvalue weighted by Gasteiger charge is 2.42. The fourth-order valence-electron chi connectivity index (χ4n) is 5.97. The van der Waals surface area contributed by atoms with Crippen LogP contribution in [0.15, 0.2) is 85.3 Å². The van der Waals surface area contributed by atoms with Crippen molar-refractivity contribution in [3.8, 4) is 11.5 Å². The zero-order valence-corrected chi connectivity index (χ0v) is 25.0. The lowest BCUT2D eigenvalue weighted by Gasteiger charge is -2.36. The molecule has 0 radical (unpaired) electrons. The summed E-state index contributed by atoms with van der Waals surface area (Å²) in [4.78, 5) is 52.8. The molecule has 0 saturated carbocycles. The first kappa shape index (κ1) is 28.7. The maximum absolute atomic E-state index is 13.7. The Morgan fingerprint density at radius 1 is 0.978 bits per heavy atom. The van der Waals surface area contributed by atoms with Crippen LogP contribution in [0.2, 0.25) is 5.02 Å². The molecule has 1 saturated heterocycles. The van der Waals surface area contributed by atoms with E-state index in [9.17, 15) is 14.4 Å². The molecule has 2 aliphatic heterocycles. The first-order chi connectivity index (χ1) is 21.9. The molecule has 2 amide bonds. The van der Waals surface area contributed by atoms with Crippen molar-refractivity contribution in [3.63, 3.8) is 0 Å². The molecule has 2 aliphatic rings. The molecule has 0 spiro atoms. The summed E-state index contributed by atoms with van der Waals surface area (Å²) in [5.74, 6) is 0.792. The molecular weight excluding hydrogens is 594 g/mol. The monoisotopic (exact) mass is 621 g/mol. The third-order valence-corrected chi connectivity index (χ3v) is 8.61. The fourth-order valence-corrected chi connectivity index (χ4v) is 6.22. The van der Waals surface area contributed by atoms with Crippen LogP contribution in [0.5, 0.6) is 11.5 Å². The van der Waals surface area contributed by atoms with E-state index in [1.807, 2.05) is 37.3 Å². The number of aromatic amines is 1. The van der Waals surface area contributed by atoms with Crippen LogP contribution in [0, 0.1) is 0 Å². The van der Waals surface area contributed by atoms with Crippen LogP contribution in [-0.2, 0) is 4.74 Å². The minimum absolute atomic E-state index is 0.121. The SMILES string of the molecule is C[C@@H]([C@@H]1CC[C@@H](Nc2ncnc3[nH]cc(C(=O)c4ccc(Oc5ccccc5)cc4Cl)c23)CO1)N1C(=O)c2ccccc2C1=O. The predicted molar refractivity (Wildman–Crippen MR) is 168 cm³/mol. The van der Waals surface area contributed by atoms with Crippen LogP contribution in [0.25, 0.3) is 11.0 Å². The second-order valence-corrected chi connectivity index (χ2v) is 11.5. The number of nitrogens with one attached hydrogen (secondary N) is 2. The van der Waals surface area contributed by atoms with Crippen LogP contribution < -0.4 is 10.1 Å². The lowest BCUT2D eigenvalue weighted by atomic mass is 9.99. The summed E-state index contributed by atoms with van der Waals surface area (Å²) in [6.07, 6.45) is 4.04. The lowest BCUT2D eigenvalue weighted by Crippen LogP contribution is -2.49. The number of carbonyl (C=O) groups excluding carboxylic acids is 3. The van der Waals surface area contributed by atoms with Gasteiger partial charge in [-0.25, -0.2) is 9.97 Å². The van der Waals surface area contributed by atoms with E-state index in [1.54, 1.807) is 48.7 Å². The van der Waals surface area contributed by atoms with Crippen molar-refractivity contribution in [2.24, 2.45) is 0 Å². The third kappa shape index (κ3) is 5.32. The molecule has 3 aromatic carbocycles. The predicted octanol–water partition coefficient (Wildman–Crippen LogP) is 6.28. The van der Waals surface area contributed by atoms with E-state index in [4.69, 9.17) is 21.1 Å². The fraction of sp³-hybridized carbons (Fsp3) is 0.206. The minimum atomic E-state index is -0.424. The molecule has 4 heterocycles. The van der Waals surface area contributed by atoms with E-state index in [1.165, 1.54) is 11.2 Å². The summed E-state index contributed by atoms with van der Waals surface area (Å²) < 4.78 is 12.0. The van der Waals surface area contributed by atoms with Gasteiger partial charge in [0.2, 0.25) is 0 Å². The molecule has 226 valence electrons. The molecule has 3 atom stereocenters. The number of anilines is 1. The maximum Gasteiger partial charge on any atom is 0.261 e. The summed E-state index contributed by atoms with van der Waals surface area (Å²) in [5, 5.41) is 4.22. The number of carbonyl (C=O) groups is 3. The van der Waals surface area contributed by atoms with Crippen molar-refractivity contribution in [3.05, 3.63) is 113 Å². The highest BCUT2D eigenvalue weighted by Crippen LogP contribution is 2.33. The number of hydrogen-bond donors (Lipinski definition) is 2. The number of hydrogen-bond acceptors (Lipinski definition) is 8. The summed E-state index contributed by atoms with van der Waals surface area (Å²) in [6, 6.07) is 20.6. The molecule has 11 heteroatoms. The van der Waals surface area contributed by atoms with Crippen molar-refractivity contribution in [1.82, 2.24) is 19.9 Å². The zero-order chi connectivity index (χ0) is 31.1. The van der Waals surface area contributed by atoms with E-state index >= 15 is 0 Å². The highest BCUT2D eigenvalue weighted by molar-refractivity contribution is 6.35. The summed E-state index contributed by atoms with van der Waals surface area (Å²) >= 11 is 6.56. The van der Waals surface area contributed by atoms with Gasteiger partial charge in [-0.1, -0.05) is 41.9 Å². The van der Waals surface area contributed by atoms with E-state index in [0.717, 1.165) is 0 Å². The van der Waals surface area contributed by atoms with Gasteiger partial charge in [-0.05, 0) is 56.2 Å². The Bertz CT molecular complexity index is 1900. The number of benzene rings is 3. The molecule has 1 fully saturated rings. The van der Waals surface area contributed by atoms with Crippen LogP contribution in [0.3, 0.4) is 0 Å². The molecular formula is C34H28ClN5O5. The summed E-state index contributed by atoms with van der Waals surface area (Å²) in [6.45, 7) is 2.17. The van der Waals surface area contributed by atoms with Gasteiger partial charge in [0.25, 0.3) is 11.8 Å². The first-order valence-corrected chi connectivity index (χ1v) is 15.0. The van der Waals surface area contributed by atoms with Crippen molar-refractivity contribution in [2.45, 2.75) is 38.0 Å². The topological polar surface area (TPSA) is 127 Å². The van der Waals surface area contributed by atoms with Gasteiger partial charge >= 0.3 is 0 Å². The van der Waals surface area contributed by atoms with Crippen LogP contribution in [0.4, 0.5) is 5.82 Å². The number of halogens is 1. The van der Waals surface area contributed by atoms with Gasteiger partial charge in [0.05, 0.1) is 51.9 Å². The Morgan fingerprint density at radius 2 is 1.71 bits per heavy atom. The molecule has 2 aromatic heterocycles. The molecule has 2 N–H and O–H groups in total. The first-order valence-electron chi connectivity index (χ1n) is 14.6. The Balaban J connectivity index is 1.05. The zero-order valence-electron chi connectivity index (χ0n) is 24.2. The summed E-state index contributed by atoms with van der Waals surface area (Å²) in [5.41, 5.74) is 2.04. The average molecular weight is 622 g/mol. The van der Waals surface area contributed by atoms with Crippen LogP contribution >= 0.6 is 11.6 Å². The van der Waals surface area contributed by atoms with Crippen LogP contribution in [0.1, 0.15) is 56.4 Å². The Labute approximate surface area is 263 Å². The number of imide groups is 1. The largest absolute Gasteiger partial charge is 0.457 e. The standard InChI is InChI=1S/C34H28ClN5O5/c1-19(40-33(42)23-9-5-6-10-24(23)34(40)43)28-14-11-20(17-44-28)39-32-29-26(16-36-31(29)37-18-38-32)30(41)25-13-12-22(15-27(25)35)45-21-7-3-2-4-8-21/h2-10,12-13,15-16,18-20,28H,11,14,17H2,1H3,(H2,36,37,38,39)/t19-,20+,28-/m0/s1. The molecule has 0 unspecified atom stereocenters. The van der Waals surface area contributed by atoms with E-state index in [-0.39, 0.29) is 34.8 Å². The second-order valence-electron chi connectivity index (χ2n) is 11.1. The van der Waals surface area contributed by atoms with Gasteiger partial charge in [0, 0.05) is 17.8 Å². The average Bonchev–Trinajstić information content (AvgIpc) is 3.61. The Morgan fingerprint density at radius 3 is 2.40 bits per heavy atom. The van der Waals surface area contributed by atoms with Gasteiger partial charge in [0.15, 0.2) is 5.78 Å². The van der Waals surface area contributed by atoms with E-state index < -0.39 is 6.04 Å². The van der Waals surface area contributed by atoms with Crippen molar-refractivity contribution in [2.75, 3.05) is 11.9 Å². The number of para-hydroxylation sites is 1. The van der Waals surface area contributed by atoms with Crippen molar-refractivity contribution in [1.29, 1.82) is 0 Å². The number of ether oxygens (including phenoxy) is 2. The second kappa shape index (κ2) is 11.8. The number of ketones is 1. The number of nitrogens with zero attached hydrogens (tertiary/aromatic N) is 3. The maximum atomic E-state index is 13.7. The number of aromatic nitrogens is 3. The molecule has 45 heavy (non-hydrogen) atoms. The Kier molecular flexibility index (Phi) is 7.52. The van der Waals surface area contributed by atoms with Gasteiger partial charge in [-0.15, -0.1) is 0 Å². The molecule has 7 rings (SSSR count). The number of H-pyrrole nitrogens is 1. The van der Waals surface area contributed by atoms with Crippen LogP contribution in [-0.4, -0.2) is 62.2 Å². The van der Waals surface area contributed by atoms with Gasteiger partial charge in [-0.2, -0.15) is 0 Å². The lowest BCUT2D eigenvalue weighted by molar-refractivity contribution is -0.0302. The van der Waals surface area contributed by atoms with E-state index in [0.29, 0.717) is 70.1 Å². The molecule has 5 aromatic rings. The van der Waals surface area contributed by atoms with E-state index in [2.05, 4.69) is 20.3 Å². The molecule has 0 bridgehead atoms. The van der Waals surface area contributed by atoms with Gasteiger partial charge in [-0.3, -0.25) is 19.3 Å². The van der Waals surface area contributed by atoms with Crippen molar-refractivity contribution >= 4 is 46.0 Å². The normalized spacial score (nSPS) is 18.6. The number of rotatable bonds is 8. The highest BCUT2D eigenvalue weighted by atomic mass is 35.5. The van der Waals surface area contributed by atoms with Gasteiger partial charge < -0.3 is 19.8 Å². The summed E-state index contributed by atoms with van der Waals surface area (Å²) in [7, 11) is 0. The quantitative estimate of drug-likeness (QED) is 0.153. The smallest absolute Gasteiger partial charge is 0.261 e. The Hall–Kier alpha value is -5.06. The number of fused-ring (bicyclic) bond motifs is 2. The third-order valence-electron chi connectivity index (χ3n) is 8.30.